The molecule has 0 aliphatic heterocycles. The molecule has 0 aromatic carbocycles. The molecule has 0 saturated heterocycles. The first-order valence-corrected chi connectivity index (χ1v) is 2.70. The van der Waals surface area contributed by atoms with Crippen molar-refractivity contribution in [1.29, 1.82) is 0 Å². The summed E-state index contributed by atoms with van der Waals surface area (Å²) in [5.74, 6) is -0.00472. The van der Waals surface area contributed by atoms with Gasteiger partial charge in [-0.1, -0.05) is 6.58 Å². The van der Waals surface area contributed by atoms with Gasteiger partial charge in [-0.2, -0.15) is 0 Å². The molecule has 0 atom stereocenters. The highest BCUT2D eigenvalue weighted by Crippen LogP contribution is 2.09. The van der Waals surface area contributed by atoms with E-state index in [9.17, 15) is 10.1 Å². The average Bonchev–Trinajstić information content (AvgIpc) is 2.34. The van der Waals surface area contributed by atoms with E-state index in [1.54, 1.807) is 6.07 Å². The van der Waals surface area contributed by atoms with Crippen molar-refractivity contribution in [2.24, 2.45) is 0 Å². The van der Waals surface area contributed by atoms with Crippen LogP contribution in [-0.4, -0.2) is 9.91 Å². The zero-order chi connectivity index (χ0) is 7.56. The van der Waals surface area contributed by atoms with Gasteiger partial charge in [0.1, 0.15) is 5.69 Å². The van der Waals surface area contributed by atoms with Gasteiger partial charge in [-0.15, -0.1) is 0 Å². The van der Waals surface area contributed by atoms with Gasteiger partial charge in [-0.25, -0.2) is 4.98 Å². The lowest BCUT2D eigenvalue weighted by Crippen LogP contribution is -1.86. The van der Waals surface area contributed by atoms with E-state index in [-0.39, 0.29) is 5.82 Å². The number of rotatable bonds is 2. The van der Waals surface area contributed by atoms with Crippen LogP contribution in [0.4, 0.5) is 5.82 Å². The fraction of sp³-hybridized carbons (Fsp3) is 0. The van der Waals surface area contributed by atoms with E-state index in [0.717, 1.165) is 0 Å². The third-order valence-electron chi connectivity index (χ3n) is 1.11. The van der Waals surface area contributed by atoms with Gasteiger partial charge in [0.25, 0.3) is 0 Å². The second-order valence-corrected chi connectivity index (χ2v) is 1.76. The maximum Gasteiger partial charge on any atom is 0.321 e. The maximum atomic E-state index is 10.1. The Morgan fingerprint density at radius 1 is 1.70 bits per heavy atom. The number of nitrogens with one attached hydrogen (secondary N) is 1. The number of hydrogen-bond donors (Lipinski definition) is 1. The normalized spacial score (nSPS) is 9.20. The number of nitrogens with zero attached hydrogens (tertiary/aromatic N) is 1. The molecule has 1 N–H and O–H groups in total. The van der Waals surface area contributed by atoms with Gasteiger partial charge < -0.3 is 10.1 Å². The van der Waals surface area contributed by atoms with Gasteiger partial charge in [0.05, 0.1) is 0 Å². The molecule has 0 aliphatic rings. The summed E-state index contributed by atoms with van der Waals surface area (Å²) in [5.41, 5.74) is 0.659. The summed E-state index contributed by atoms with van der Waals surface area (Å²) < 4.78 is 0. The van der Waals surface area contributed by atoms with Crippen LogP contribution in [0.3, 0.4) is 0 Å². The van der Waals surface area contributed by atoms with E-state index in [1.807, 2.05) is 0 Å². The monoisotopic (exact) mass is 138 g/mol. The maximum absolute atomic E-state index is 10.1. The molecule has 4 heteroatoms. The van der Waals surface area contributed by atoms with Gasteiger partial charge in [-0.05, 0) is 17.1 Å². The Balaban J connectivity index is 2.98. The first kappa shape index (κ1) is 6.54. The summed E-state index contributed by atoms with van der Waals surface area (Å²) in [4.78, 5) is 12.1. The Hall–Kier alpha value is -1.58. The Morgan fingerprint density at radius 3 is 2.70 bits per heavy atom. The van der Waals surface area contributed by atoms with E-state index < -0.39 is 4.92 Å². The third kappa shape index (κ3) is 1.05. The molecule has 0 spiro atoms. The minimum atomic E-state index is -0.479. The molecule has 1 heterocycles. The van der Waals surface area contributed by atoms with Gasteiger partial charge >= 0.3 is 5.82 Å². The highest BCUT2D eigenvalue weighted by Gasteiger charge is 2.03. The number of H-pyrrole nitrogens is 1. The minimum Gasteiger partial charge on any atom is -0.358 e. The molecule has 1 aromatic rings. The van der Waals surface area contributed by atoms with Crippen molar-refractivity contribution in [3.63, 3.8) is 0 Å². The molecule has 1 aromatic heterocycles. The highest BCUT2D eigenvalue weighted by atomic mass is 16.6. The van der Waals surface area contributed by atoms with Gasteiger partial charge in [0.2, 0.25) is 0 Å². The lowest BCUT2D eigenvalue weighted by atomic mass is 10.4. The van der Waals surface area contributed by atoms with Gasteiger partial charge in [0.15, 0.2) is 0 Å². The Morgan fingerprint density at radius 2 is 2.40 bits per heavy atom. The molecule has 0 unspecified atom stereocenters. The van der Waals surface area contributed by atoms with Crippen molar-refractivity contribution in [3.05, 3.63) is 34.5 Å². The molecule has 0 aliphatic carbocycles. The molecule has 1 rings (SSSR count). The zero-order valence-corrected chi connectivity index (χ0v) is 5.20. The lowest BCUT2D eigenvalue weighted by Gasteiger charge is -1.85. The van der Waals surface area contributed by atoms with Gasteiger partial charge in [-0.3, -0.25) is 0 Å². The molecule has 52 valence electrons. The van der Waals surface area contributed by atoms with Crippen molar-refractivity contribution in [2.75, 3.05) is 0 Å². The fourth-order valence-electron chi connectivity index (χ4n) is 0.626. The second-order valence-electron chi connectivity index (χ2n) is 1.76. The van der Waals surface area contributed by atoms with Crippen molar-refractivity contribution in [1.82, 2.24) is 4.98 Å². The van der Waals surface area contributed by atoms with Crippen molar-refractivity contribution in [3.8, 4) is 0 Å². The standard InChI is InChI=1S/C6H6N2O2/c1-2-5-3-4-6(7-5)8(9)10/h2-4,7H,1H2. The number of aromatic amines is 1. The average molecular weight is 138 g/mol. The molecule has 0 amide bonds. The SMILES string of the molecule is C=Cc1ccc([N+](=O)[O-])[nH]1. The van der Waals surface area contributed by atoms with Crippen LogP contribution in [0.25, 0.3) is 6.08 Å². The Kier molecular flexibility index (Phi) is 1.53. The largest absolute Gasteiger partial charge is 0.358 e. The summed E-state index contributed by atoms with van der Waals surface area (Å²) in [7, 11) is 0. The summed E-state index contributed by atoms with van der Waals surface area (Å²) in [6, 6.07) is 3.00. The number of aromatic nitrogens is 1. The van der Waals surface area contributed by atoms with E-state index in [0.29, 0.717) is 5.69 Å². The molecule has 0 fully saturated rings. The van der Waals surface area contributed by atoms with Crippen LogP contribution in [0, 0.1) is 10.1 Å². The molecular formula is C6H6N2O2. The molecular weight excluding hydrogens is 132 g/mol. The van der Waals surface area contributed by atoms with Crippen LogP contribution >= 0.6 is 0 Å². The molecule has 4 nitrogen and oxygen atoms in total. The van der Waals surface area contributed by atoms with E-state index >= 15 is 0 Å². The topological polar surface area (TPSA) is 58.9 Å². The van der Waals surface area contributed by atoms with Crippen LogP contribution in [0.2, 0.25) is 0 Å². The first-order chi connectivity index (χ1) is 4.74. The van der Waals surface area contributed by atoms with E-state index in [2.05, 4.69) is 11.6 Å². The Labute approximate surface area is 57.3 Å². The molecule has 10 heavy (non-hydrogen) atoms. The van der Waals surface area contributed by atoms with Crippen LogP contribution in [0.1, 0.15) is 5.69 Å². The summed E-state index contributed by atoms with van der Waals surface area (Å²) >= 11 is 0. The highest BCUT2D eigenvalue weighted by molar-refractivity contribution is 5.45. The van der Waals surface area contributed by atoms with Crippen LogP contribution < -0.4 is 0 Å². The zero-order valence-electron chi connectivity index (χ0n) is 5.20. The lowest BCUT2D eigenvalue weighted by molar-refractivity contribution is -0.389. The van der Waals surface area contributed by atoms with Crippen molar-refractivity contribution < 1.29 is 4.92 Å². The quantitative estimate of drug-likeness (QED) is 0.498. The Bertz CT molecular complexity index is 264. The summed E-state index contributed by atoms with van der Waals surface area (Å²) in [5, 5.41) is 10.1. The summed E-state index contributed by atoms with van der Waals surface area (Å²) in [6.45, 7) is 3.45. The van der Waals surface area contributed by atoms with E-state index in [4.69, 9.17) is 0 Å². The van der Waals surface area contributed by atoms with Gasteiger partial charge in [0, 0.05) is 6.07 Å². The molecule has 0 saturated carbocycles. The number of nitro groups is 1. The predicted molar refractivity (Wildman–Crippen MR) is 37.5 cm³/mol. The fourth-order valence-corrected chi connectivity index (χ4v) is 0.626. The smallest absolute Gasteiger partial charge is 0.321 e. The van der Waals surface area contributed by atoms with Crippen molar-refractivity contribution in [2.45, 2.75) is 0 Å². The predicted octanol–water partition coefficient (Wildman–Crippen LogP) is 1.57. The molecule has 0 bridgehead atoms. The van der Waals surface area contributed by atoms with Crippen LogP contribution in [0.15, 0.2) is 18.7 Å². The van der Waals surface area contributed by atoms with Crippen molar-refractivity contribution >= 4 is 11.9 Å². The second kappa shape index (κ2) is 2.34. The number of hydrogen-bond acceptors (Lipinski definition) is 2. The minimum absolute atomic E-state index is 0.00472. The third-order valence-corrected chi connectivity index (χ3v) is 1.11. The van der Waals surface area contributed by atoms with Crippen LogP contribution in [-0.2, 0) is 0 Å². The first-order valence-electron chi connectivity index (χ1n) is 2.70. The van der Waals surface area contributed by atoms with Crippen LogP contribution in [0.5, 0.6) is 0 Å². The van der Waals surface area contributed by atoms with E-state index in [1.165, 1.54) is 12.1 Å². The summed E-state index contributed by atoms with van der Waals surface area (Å²) in [6.07, 6.45) is 1.52. The molecule has 0 radical (unpaired) electrons.